The first-order valence-electron chi connectivity index (χ1n) is 8.41. The maximum absolute atomic E-state index is 12.6. The van der Waals surface area contributed by atoms with Crippen molar-refractivity contribution >= 4 is 5.78 Å². The molecule has 144 valence electrons. The highest BCUT2D eigenvalue weighted by molar-refractivity contribution is 6.06. The second-order valence-corrected chi connectivity index (χ2v) is 5.56. The number of rotatable bonds is 9. The number of hydrogen-bond donors (Lipinski definition) is 0. The van der Waals surface area contributed by atoms with Gasteiger partial charge in [-0.2, -0.15) is 0 Å². The van der Waals surface area contributed by atoms with E-state index in [1.807, 2.05) is 6.92 Å². The van der Waals surface area contributed by atoms with Crippen LogP contribution in [0.15, 0.2) is 52.7 Å². The van der Waals surface area contributed by atoms with Crippen LogP contribution in [0.2, 0.25) is 0 Å². The van der Waals surface area contributed by atoms with Gasteiger partial charge >= 0.3 is 0 Å². The smallest absolute Gasteiger partial charge is 0.262 e. The molecule has 0 aliphatic heterocycles. The molecule has 27 heavy (non-hydrogen) atoms. The zero-order valence-corrected chi connectivity index (χ0v) is 16.3. The summed E-state index contributed by atoms with van der Waals surface area (Å²) in [5, 5.41) is 0. The normalized spacial score (nSPS) is 11.4. The minimum atomic E-state index is -0.356. The van der Waals surface area contributed by atoms with Crippen molar-refractivity contribution in [3.63, 3.8) is 0 Å². The largest absolute Gasteiger partial charge is 0.493 e. The van der Waals surface area contributed by atoms with Crippen LogP contribution in [-0.2, 0) is 4.74 Å². The molecule has 0 radical (unpaired) electrons. The maximum Gasteiger partial charge on any atom is 0.262 e. The summed E-state index contributed by atoms with van der Waals surface area (Å²) in [7, 11) is 4.53. The highest BCUT2D eigenvalue weighted by Crippen LogP contribution is 2.41. The second-order valence-electron chi connectivity index (χ2n) is 5.56. The Kier molecular flexibility index (Phi) is 6.71. The van der Waals surface area contributed by atoms with Crippen molar-refractivity contribution in [3.8, 4) is 28.6 Å². The highest BCUT2D eigenvalue weighted by Gasteiger charge is 2.21. The van der Waals surface area contributed by atoms with Crippen molar-refractivity contribution in [1.82, 2.24) is 0 Å². The maximum atomic E-state index is 12.6. The van der Waals surface area contributed by atoms with Gasteiger partial charge in [-0.3, -0.25) is 4.79 Å². The van der Waals surface area contributed by atoms with E-state index in [-0.39, 0.29) is 17.3 Å². The lowest BCUT2D eigenvalue weighted by Crippen LogP contribution is -2.06. The molecule has 0 fully saturated rings. The van der Waals surface area contributed by atoms with Gasteiger partial charge in [-0.05, 0) is 43.7 Å². The number of allylic oxidation sites excluding steroid dienone is 3. The molecule has 2 aromatic rings. The van der Waals surface area contributed by atoms with E-state index in [1.54, 1.807) is 51.5 Å². The van der Waals surface area contributed by atoms with Gasteiger partial charge in [0.2, 0.25) is 5.75 Å². The van der Waals surface area contributed by atoms with Crippen LogP contribution in [0.1, 0.15) is 24.4 Å². The molecule has 0 bridgehead atoms. The van der Waals surface area contributed by atoms with Gasteiger partial charge in [-0.25, -0.2) is 0 Å². The van der Waals surface area contributed by atoms with Gasteiger partial charge in [-0.1, -0.05) is 12.7 Å². The van der Waals surface area contributed by atoms with Gasteiger partial charge in [0, 0.05) is 5.56 Å². The number of methoxy groups -OCH3 is 3. The van der Waals surface area contributed by atoms with Gasteiger partial charge < -0.3 is 23.4 Å². The van der Waals surface area contributed by atoms with Gasteiger partial charge in [0.05, 0.1) is 27.9 Å². The summed E-state index contributed by atoms with van der Waals surface area (Å²) >= 11 is 0. The third kappa shape index (κ3) is 4.16. The summed E-state index contributed by atoms with van der Waals surface area (Å²) < 4.78 is 27.4. The molecule has 2 rings (SSSR count). The number of benzene rings is 1. The van der Waals surface area contributed by atoms with E-state index < -0.39 is 0 Å². The average Bonchev–Trinajstić information content (AvgIpc) is 3.18. The summed E-state index contributed by atoms with van der Waals surface area (Å²) in [4.78, 5) is 12.6. The van der Waals surface area contributed by atoms with Crippen molar-refractivity contribution in [2.45, 2.75) is 13.8 Å². The Labute approximate surface area is 159 Å². The molecule has 0 aliphatic carbocycles. The van der Waals surface area contributed by atoms with Gasteiger partial charge in [0.15, 0.2) is 23.0 Å². The number of ether oxygens (including phenoxy) is 4. The Morgan fingerprint density at radius 2 is 1.78 bits per heavy atom. The molecule has 0 spiro atoms. The Morgan fingerprint density at radius 1 is 1.15 bits per heavy atom. The zero-order chi connectivity index (χ0) is 20.0. The number of carbonyl (C=O) groups is 1. The van der Waals surface area contributed by atoms with Crippen molar-refractivity contribution < 1.29 is 28.2 Å². The first-order valence-corrected chi connectivity index (χ1v) is 8.41. The van der Waals surface area contributed by atoms with Crippen LogP contribution >= 0.6 is 0 Å². The first kappa shape index (κ1) is 20.2. The molecule has 0 saturated heterocycles. The molecule has 0 atom stereocenters. The van der Waals surface area contributed by atoms with Crippen LogP contribution in [0.3, 0.4) is 0 Å². The summed E-state index contributed by atoms with van der Waals surface area (Å²) in [5.74, 6) is 2.02. The molecule has 0 aliphatic rings. The van der Waals surface area contributed by atoms with E-state index in [2.05, 4.69) is 6.58 Å². The summed E-state index contributed by atoms with van der Waals surface area (Å²) in [5.41, 5.74) is 1.32. The molecule has 0 amide bonds. The molecule has 1 heterocycles. The van der Waals surface area contributed by atoms with E-state index in [0.29, 0.717) is 40.8 Å². The predicted molar refractivity (Wildman–Crippen MR) is 103 cm³/mol. The third-order valence-corrected chi connectivity index (χ3v) is 3.94. The molecule has 0 saturated carbocycles. The molecular formula is C21H24O6. The predicted octanol–water partition coefficient (Wildman–Crippen LogP) is 4.65. The summed E-state index contributed by atoms with van der Waals surface area (Å²) in [6.45, 7) is 7.76. The molecule has 6 nitrogen and oxygen atoms in total. The lowest BCUT2D eigenvalue weighted by atomic mass is 10.1. The Hall–Kier alpha value is -3.15. The fraction of sp³-hybridized carbons (Fsp3) is 0.286. The Bertz CT molecular complexity index is 834. The van der Waals surface area contributed by atoms with E-state index in [0.717, 1.165) is 0 Å². The minimum Gasteiger partial charge on any atom is -0.493 e. The molecule has 6 heteroatoms. The third-order valence-electron chi connectivity index (χ3n) is 3.94. The Morgan fingerprint density at radius 3 is 2.26 bits per heavy atom. The van der Waals surface area contributed by atoms with E-state index >= 15 is 0 Å². The number of carbonyl (C=O) groups excluding carboxylic acids is 1. The number of furan rings is 1. The SMILES string of the molecule is C=C/C(C)=C(/OC)C(=O)c1ccc(-c2cc(OC)c(OCC)c(OC)c2)o1. The first-order chi connectivity index (χ1) is 13.0. The standard InChI is InChI=1S/C21H24O6/c1-7-13(3)20(25-6)19(22)16-10-9-15(27-16)14-11-17(23-4)21(26-8-2)18(12-14)24-5/h7,9-12H,1,8H2,2-6H3/b20-13+. The fourth-order valence-electron chi connectivity index (χ4n) is 2.56. The fourth-order valence-corrected chi connectivity index (χ4v) is 2.56. The van der Waals surface area contributed by atoms with Crippen LogP contribution < -0.4 is 14.2 Å². The van der Waals surface area contributed by atoms with E-state index in [9.17, 15) is 4.79 Å². The zero-order valence-electron chi connectivity index (χ0n) is 16.3. The monoisotopic (exact) mass is 372 g/mol. The number of hydrogen-bond acceptors (Lipinski definition) is 6. The number of Topliss-reactive ketones (excluding diaryl/α,β-unsaturated/α-hetero) is 1. The lowest BCUT2D eigenvalue weighted by Gasteiger charge is -2.14. The van der Waals surface area contributed by atoms with Crippen LogP contribution in [0.25, 0.3) is 11.3 Å². The molecular weight excluding hydrogens is 348 g/mol. The average molecular weight is 372 g/mol. The van der Waals surface area contributed by atoms with Crippen LogP contribution in [0.4, 0.5) is 0 Å². The van der Waals surface area contributed by atoms with Crippen LogP contribution in [0, 0.1) is 0 Å². The Balaban J connectivity index is 2.47. The van der Waals surface area contributed by atoms with E-state index in [1.165, 1.54) is 7.11 Å². The highest BCUT2D eigenvalue weighted by atomic mass is 16.5. The van der Waals surface area contributed by atoms with Crippen molar-refractivity contribution in [2.75, 3.05) is 27.9 Å². The van der Waals surface area contributed by atoms with Gasteiger partial charge in [0.1, 0.15) is 5.76 Å². The molecule has 0 N–H and O–H groups in total. The second kappa shape index (κ2) is 8.98. The molecule has 0 unspecified atom stereocenters. The molecule has 1 aromatic carbocycles. The summed E-state index contributed by atoms with van der Waals surface area (Å²) in [6.07, 6.45) is 1.56. The van der Waals surface area contributed by atoms with Crippen LogP contribution in [0.5, 0.6) is 17.2 Å². The van der Waals surface area contributed by atoms with E-state index in [4.69, 9.17) is 23.4 Å². The van der Waals surface area contributed by atoms with Crippen molar-refractivity contribution in [2.24, 2.45) is 0 Å². The quantitative estimate of drug-likeness (QED) is 0.276. The van der Waals surface area contributed by atoms with Crippen LogP contribution in [-0.4, -0.2) is 33.7 Å². The summed E-state index contributed by atoms with van der Waals surface area (Å²) in [6, 6.07) is 6.84. The van der Waals surface area contributed by atoms with Gasteiger partial charge in [0.25, 0.3) is 5.78 Å². The van der Waals surface area contributed by atoms with Gasteiger partial charge in [-0.15, -0.1) is 0 Å². The topological polar surface area (TPSA) is 67.1 Å². The van der Waals surface area contributed by atoms with Crippen molar-refractivity contribution in [3.05, 3.63) is 54.0 Å². The number of ketones is 1. The lowest BCUT2D eigenvalue weighted by molar-refractivity contribution is 0.0925. The minimum absolute atomic E-state index is 0.162. The molecule has 1 aromatic heterocycles. The van der Waals surface area contributed by atoms with Crippen molar-refractivity contribution in [1.29, 1.82) is 0 Å².